The third-order valence-corrected chi connectivity index (χ3v) is 7.95. The Kier molecular flexibility index (Phi) is 8.16. The minimum atomic E-state index is 0.0730. The first kappa shape index (κ1) is 26.7. The molecule has 1 aromatic heterocycles. The van der Waals surface area contributed by atoms with Gasteiger partial charge in [-0.3, -0.25) is 9.69 Å². The first-order valence-corrected chi connectivity index (χ1v) is 13.7. The number of imidazole rings is 1. The number of rotatable bonds is 8. The number of benzene rings is 3. The van der Waals surface area contributed by atoms with Gasteiger partial charge in [-0.1, -0.05) is 35.9 Å². The van der Waals surface area contributed by atoms with Gasteiger partial charge in [0.05, 0.1) is 39.9 Å². The second-order valence-electron chi connectivity index (χ2n) is 10.2. The lowest BCUT2D eigenvalue weighted by molar-refractivity contribution is -0.119. The number of para-hydroxylation sites is 1. The summed E-state index contributed by atoms with van der Waals surface area (Å²) in [6.45, 7) is 2.12. The maximum absolute atomic E-state index is 13.1. The standard InChI is InChI=1S/C31H33ClN6O/c1-36(31(39)21-38-17-15-24(16-18-38)34-27-6-4-3-5-26(27)32)25-12-13-29-28(19-25)35-30(37(29)2)14-11-22-7-9-23(20-33)10-8-22/h3-10,12-13,19,24,34H,11,14-18,21H2,1-2H3. The van der Waals surface area contributed by atoms with Crippen molar-refractivity contribution in [2.75, 3.05) is 36.9 Å². The molecule has 0 unspecified atom stereocenters. The van der Waals surface area contributed by atoms with Gasteiger partial charge < -0.3 is 14.8 Å². The van der Waals surface area contributed by atoms with E-state index in [0.29, 0.717) is 18.2 Å². The van der Waals surface area contributed by atoms with Gasteiger partial charge in [-0.15, -0.1) is 0 Å². The fourth-order valence-electron chi connectivity index (χ4n) is 5.15. The Hall–Kier alpha value is -3.86. The van der Waals surface area contributed by atoms with Crippen molar-refractivity contribution >= 4 is 39.9 Å². The number of aryl methyl sites for hydroxylation is 3. The summed E-state index contributed by atoms with van der Waals surface area (Å²) in [5.74, 6) is 1.07. The van der Waals surface area contributed by atoms with Gasteiger partial charge in [-0.05, 0) is 67.3 Å². The van der Waals surface area contributed by atoms with E-state index in [-0.39, 0.29) is 5.91 Å². The second kappa shape index (κ2) is 11.9. The molecule has 0 saturated carbocycles. The minimum absolute atomic E-state index is 0.0730. The molecule has 7 nitrogen and oxygen atoms in total. The fourth-order valence-corrected chi connectivity index (χ4v) is 5.34. The van der Waals surface area contributed by atoms with Crippen LogP contribution in [0.2, 0.25) is 5.02 Å². The van der Waals surface area contributed by atoms with Gasteiger partial charge in [0.2, 0.25) is 5.91 Å². The lowest BCUT2D eigenvalue weighted by Crippen LogP contribution is -2.44. The first-order chi connectivity index (χ1) is 18.9. The van der Waals surface area contributed by atoms with Crippen LogP contribution < -0.4 is 10.2 Å². The molecular weight excluding hydrogens is 508 g/mol. The quantitative estimate of drug-likeness (QED) is 0.323. The third kappa shape index (κ3) is 6.25. The molecule has 1 aliphatic rings. The smallest absolute Gasteiger partial charge is 0.240 e. The fraction of sp³-hybridized carbons (Fsp3) is 0.323. The summed E-state index contributed by atoms with van der Waals surface area (Å²) in [6.07, 6.45) is 3.57. The summed E-state index contributed by atoms with van der Waals surface area (Å²) < 4.78 is 2.12. The molecule has 1 amide bonds. The van der Waals surface area contributed by atoms with Crippen molar-refractivity contribution in [1.29, 1.82) is 5.26 Å². The lowest BCUT2D eigenvalue weighted by atomic mass is 10.0. The number of nitrogens with zero attached hydrogens (tertiary/aromatic N) is 5. The molecule has 4 aromatic rings. The van der Waals surface area contributed by atoms with Crippen molar-refractivity contribution in [3.8, 4) is 6.07 Å². The highest BCUT2D eigenvalue weighted by atomic mass is 35.5. The number of halogens is 1. The van der Waals surface area contributed by atoms with Crippen molar-refractivity contribution in [1.82, 2.24) is 14.5 Å². The van der Waals surface area contributed by atoms with E-state index in [1.165, 1.54) is 5.56 Å². The molecular formula is C31H33ClN6O. The van der Waals surface area contributed by atoms with Crippen LogP contribution in [0.3, 0.4) is 0 Å². The number of amides is 1. The minimum Gasteiger partial charge on any atom is -0.381 e. The van der Waals surface area contributed by atoms with Gasteiger partial charge in [0.15, 0.2) is 0 Å². The van der Waals surface area contributed by atoms with Crippen molar-refractivity contribution in [2.45, 2.75) is 31.7 Å². The molecule has 0 atom stereocenters. The number of fused-ring (bicyclic) bond motifs is 1. The Bertz CT molecular complexity index is 1500. The van der Waals surface area contributed by atoms with Crippen LogP contribution in [0.15, 0.2) is 66.7 Å². The van der Waals surface area contributed by atoms with Crippen molar-refractivity contribution < 1.29 is 4.79 Å². The number of likely N-dealkylation sites (tertiary alicyclic amines) is 1. The van der Waals surface area contributed by atoms with Gasteiger partial charge in [0.1, 0.15) is 5.82 Å². The van der Waals surface area contributed by atoms with Crippen LogP contribution in [-0.2, 0) is 24.7 Å². The van der Waals surface area contributed by atoms with E-state index in [4.69, 9.17) is 21.8 Å². The van der Waals surface area contributed by atoms with E-state index < -0.39 is 0 Å². The molecule has 1 N–H and O–H groups in total. The number of nitrogens with one attached hydrogen (secondary N) is 1. The van der Waals surface area contributed by atoms with E-state index in [0.717, 1.165) is 72.0 Å². The number of nitriles is 1. The molecule has 1 saturated heterocycles. The van der Waals surface area contributed by atoms with Gasteiger partial charge in [0.25, 0.3) is 0 Å². The molecule has 39 heavy (non-hydrogen) atoms. The average Bonchev–Trinajstić information content (AvgIpc) is 3.28. The van der Waals surface area contributed by atoms with E-state index >= 15 is 0 Å². The molecule has 0 radical (unpaired) electrons. The normalized spacial score (nSPS) is 14.3. The molecule has 0 spiro atoms. The van der Waals surface area contributed by atoms with Gasteiger partial charge in [0, 0.05) is 45.3 Å². The van der Waals surface area contributed by atoms with E-state index in [2.05, 4.69) is 20.9 Å². The molecule has 0 bridgehead atoms. The summed E-state index contributed by atoms with van der Waals surface area (Å²) in [7, 11) is 3.87. The van der Waals surface area contributed by atoms with Crippen LogP contribution >= 0.6 is 11.6 Å². The van der Waals surface area contributed by atoms with E-state index in [1.54, 1.807) is 4.90 Å². The van der Waals surface area contributed by atoms with Crippen molar-refractivity contribution in [3.05, 3.63) is 88.7 Å². The Balaban J connectivity index is 1.17. The van der Waals surface area contributed by atoms with E-state index in [1.807, 2.05) is 80.8 Å². The lowest BCUT2D eigenvalue weighted by Gasteiger charge is -2.33. The predicted molar refractivity (Wildman–Crippen MR) is 157 cm³/mol. The maximum Gasteiger partial charge on any atom is 0.240 e. The Morgan fingerprint density at radius 1 is 1.10 bits per heavy atom. The van der Waals surface area contributed by atoms with Crippen LogP contribution in [0.4, 0.5) is 11.4 Å². The number of anilines is 2. The number of piperidine rings is 1. The molecule has 0 aliphatic carbocycles. The number of aromatic nitrogens is 2. The highest BCUT2D eigenvalue weighted by Gasteiger charge is 2.23. The van der Waals surface area contributed by atoms with Crippen LogP contribution in [0.1, 0.15) is 29.8 Å². The molecule has 8 heteroatoms. The molecule has 200 valence electrons. The topological polar surface area (TPSA) is 77.2 Å². The average molecular weight is 541 g/mol. The Morgan fingerprint density at radius 3 is 2.56 bits per heavy atom. The number of likely N-dealkylation sites (N-methyl/N-ethyl adjacent to an activating group) is 1. The zero-order valence-electron chi connectivity index (χ0n) is 22.4. The summed E-state index contributed by atoms with van der Waals surface area (Å²) >= 11 is 6.29. The maximum atomic E-state index is 13.1. The summed E-state index contributed by atoms with van der Waals surface area (Å²) in [5, 5.41) is 13.3. The van der Waals surface area contributed by atoms with Gasteiger partial charge in [-0.2, -0.15) is 5.26 Å². The predicted octanol–water partition coefficient (Wildman–Crippen LogP) is 5.42. The zero-order chi connectivity index (χ0) is 27.4. The third-order valence-electron chi connectivity index (χ3n) is 7.62. The van der Waals surface area contributed by atoms with Crippen LogP contribution in [0, 0.1) is 11.3 Å². The highest BCUT2D eigenvalue weighted by molar-refractivity contribution is 6.33. The first-order valence-electron chi connectivity index (χ1n) is 13.4. The number of hydrogen-bond acceptors (Lipinski definition) is 5. The number of carbonyl (C=O) groups is 1. The Morgan fingerprint density at radius 2 is 1.85 bits per heavy atom. The summed E-state index contributed by atoms with van der Waals surface area (Å²) in [6, 6.07) is 24.1. The molecule has 5 rings (SSSR count). The van der Waals surface area contributed by atoms with Crippen molar-refractivity contribution in [2.24, 2.45) is 7.05 Å². The molecule has 1 fully saturated rings. The molecule has 2 heterocycles. The SMILES string of the molecule is CN(C(=O)CN1CCC(Nc2ccccc2Cl)CC1)c1ccc2c(c1)nc(CCc1ccc(C#N)cc1)n2C. The Labute approximate surface area is 234 Å². The van der Waals surface area contributed by atoms with Crippen LogP contribution in [0.5, 0.6) is 0 Å². The van der Waals surface area contributed by atoms with Crippen LogP contribution in [0.25, 0.3) is 11.0 Å². The molecule has 3 aromatic carbocycles. The van der Waals surface area contributed by atoms with E-state index in [9.17, 15) is 4.79 Å². The summed E-state index contributed by atoms with van der Waals surface area (Å²) in [4.78, 5) is 22.0. The van der Waals surface area contributed by atoms with Gasteiger partial charge >= 0.3 is 0 Å². The van der Waals surface area contributed by atoms with Crippen molar-refractivity contribution in [3.63, 3.8) is 0 Å². The largest absolute Gasteiger partial charge is 0.381 e. The number of hydrogen-bond donors (Lipinski definition) is 1. The molecule has 1 aliphatic heterocycles. The number of carbonyl (C=O) groups excluding carboxylic acids is 1. The highest BCUT2D eigenvalue weighted by Crippen LogP contribution is 2.25. The monoisotopic (exact) mass is 540 g/mol. The van der Waals surface area contributed by atoms with Crippen LogP contribution in [-0.4, -0.2) is 53.1 Å². The summed E-state index contributed by atoms with van der Waals surface area (Å²) in [5.41, 5.74) is 5.59. The zero-order valence-corrected chi connectivity index (χ0v) is 23.2. The van der Waals surface area contributed by atoms with Gasteiger partial charge in [-0.25, -0.2) is 4.98 Å². The second-order valence-corrected chi connectivity index (χ2v) is 10.6.